The molecule has 21 heavy (non-hydrogen) atoms. The number of aliphatic hydroxyl groups is 1. The average molecular weight is 293 g/mol. The van der Waals surface area contributed by atoms with Crippen LogP contribution in [0.1, 0.15) is 90.4 Å². The van der Waals surface area contributed by atoms with Crippen molar-refractivity contribution < 1.29 is 5.11 Å². The van der Waals surface area contributed by atoms with Gasteiger partial charge >= 0.3 is 0 Å². The van der Waals surface area contributed by atoms with Gasteiger partial charge in [-0.25, -0.2) is 0 Å². The lowest BCUT2D eigenvalue weighted by Gasteiger charge is -2.56. The van der Waals surface area contributed by atoms with Crippen LogP contribution in [0.3, 0.4) is 0 Å². The summed E-state index contributed by atoms with van der Waals surface area (Å²) in [5, 5.41) is 9.88. The van der Waals surface area contributed by atoms with Crippen molar-refractivity contribution in [3.8, 4) is 0 Å². The number of unbranched alkanes of at least 4 members (excludes halogenated alkanes) is 3. The van der Waals surface area contributed by atoms with Gasteiger partial charge in [0.05, 0.1) is 6.61 Å². The summed E-state index contributed by atoms with van der Waals surface area (Å²) in [5.41, 5.74) is 0.499. The molecule has 2 heterocycles. The Morgan fingerprint density at radius 1 is 0.952 bits per heavy atom. The van der Waals surface area contributed by atoms with Gasteiger partial charge in [-0.05, 0) is 50.9 Å². The lowest BCUT2D eigenvalue weighted by atomic mass is 9.66. The van der Waals surface area contributed by atoms with Gasteiger partial charge in [-0.3, -0.25) is 4.90 Å². The zero-order valence-corrected chi connectivity index (χ0v) is 14.0. The van der Waals surface area contributed by atoms with Gasteiger partial charge in [-0.2, -0.15) is 0 Å². The fourth-order valence-electron chi connectivity index (χ4n) is 5.89. The first-order valence-corrected chi connectivity index (χ1v) is 9.71. The summed E-state index contributed by atoms with van der Waals surface area (Å²) in [6, 6.07) is 1.25. The predicted octanol–water partition coefficient (Wildman–Crippen LogP) is 4.50. The molecule has 3 fully saturated rings. The first-order valence-electron chi connectivity index (χ1n) is 9.71. The Morgan fingerprint density at radius 2 is 1.86 bits per heavy atom. The Labute approximate surface area is 131 Å². The lowest BCUT2D eigenvalue weighted by molar-refractivity contribution is -0.0702. The Hall–Kier alpha value is -0.0800. The van der Waals surface area contributed by atoms with E-state index in [0.717, 1.165) is 12.0 Å². The smallest absolute Gasteiger partial charge is 0.0587 e. The minimum absolute atomic E-state index is 0.389. The van der Waals surface area contributed by atoms with Gasteiger partial charge in [0.15, 0.2) is 0 Å². The summed E-state index contributed by atoms with van der Waals surface area (Å²) in [6.45, 7) is 2.68. The summed E-state index contributed by atoms with van der Waals surface area (Å²) in [6.07, 6.45) is 18.1. The van der Waals surface area contributed by atoms with E-state index in [1.807, 2.05) is 0 Å². The fraction of sp³-hybridized carbons (Fsp3) is 1.00. The molecule has 1 aliphatic carbocycles. The molecular weight excluding hydrogens is 258 g/mol. The summed E-state index contributed by atoms with van der Waals surface area (Å²) >= 11 is 0. The highest BCUT2D eigenvalue weighted by molar-refractivity contribution is 5.10. The van der Waals surface area contributed by atoms with Crippen LogP contribution in [0.15, 0.2) is 0 Å². The Bertz CT molecular complexity index is 332. The van der Waals surface area contributed by atoms with Crippen LogP contribution in [0, 0.1) is 5.92 Å². The molecule has 1 spiro atoms. The van der Waals surface area contributed by atoms with Crippen LogP contribution in [0.5, 0.6) is 0 Å². The second kappa shape index (κ2) is 7.00. The van der Waals surface area contributed by atoms with E-state index in [0.29, 0.717) is 18.2 Å². The minimum atomic E-state index is 0.389. The third kappa shape index (κ3) is 2.91. The van der Waals surface area contributed by atoms with Crippen LogP contribution in [0.25, 0.3) is 0 Å². The molecule has 2 aliphatic heterocycles. The van der Waals surface area contributed by atoms with Gasteiger partial charge in [0.25, 0.3) is 0 Å². The Balaban J connectivity index is 1.70. The molecule has 2 unspecified atom stereocenters. The monoisotopic (exact) mass is 293 g/mol. The molecular formula is C19H35NO. The van der Waals surface area contributed by atoms with E-state index in [2.05, 4.69) is 11.8 Å². The molecule has 0 aromatic rings. The van der Waals surface area contributed by atoms with Crippen LogP contribution in [0.2, 0.25) is 0 Å². The van der Waals surface area contributed by atoms with Crippen molar-refractivity contribution in [2.24, 2.45) is 5.92 Å². The molecule has 2 heteroatoms. The molecule has 3 rings (SSSR count). The SMILES string of the molecule is CCCCCCC1CC[C@@H]2CCCC[C@@]23CCC(CO)N13. The van der Waals surface area contributed by atoms with Crippen molar-refractivity contribution in [3.05, 3.63) is 0 Å². The summed E-state index contributed by atoms with van der Waals surface area (Å²) in [5.74, 6) is 0.940. The average Bonchev–Trinajstić information content (AvgIpc) is 2.90. The van der Waals surface area contributed by atoms with Crippen molar-refractivity contribution in [3.63, 3.8) is 0 Å². The highest BCUT2D eigenvalue weighted by Crippen LogP contribution is 2.54. The number of nitrogens with zero attached hydrogens (tertiary/aromatic N) is 1. The van der Waals surface area contributed by atoms with E-state index in [-0.39, 0.29) is 0 Å². The molecule has 0 bridgehead atoms. The number of hydrogen-bond acceptors (Lipinski definition) is 2. The van der Waals surface area contributed by atoms with Gasteiger partial charge in [0.1, 0.15) is 0 Å². The molecule has 0 amide bonds. The van der Waals surface area contributed by atoms with Crippen molar-refractivity contribution in [1.29, 1.82) is 0 Å². The molecule has 4 atom stereocenters. The maximum atomic E-state index is 9.88. The van der Waals surface area contributed by atoms with Crippen LogP contribution in [-0.2, 0) is 0 Å². The second-order valence-electron chi connectivity index (χ2n) is 7.91. The zero-order valence-electron chi connectivity index (χ0n) is 14.0. The van der Waals surface area contributed by atoms with E-state index in [9.17, 15) is 5.11 Å². The third-order valence-electron chi connectivity index (χ3n) is 6.83. The molecule has 2 nitrogen and oxygen atoms in total. The number of rotatable bonds is 6. The van der Waals surface area contributed by atoms with Crippen LogP contribution >= 0.6 is 0 Å². The summed E-state index contributed by atoms with van der Waals surface area (Å²) in [7, 11) is 0. The standard InChI is InChI=1S/C19H35NO/c1-2-3-4-5-9-17-11-10-16-8-6-7-13-19(16)14-12-18(15-21)20(17)19/h16-18,21H,2-15H2,1H3/t16-,17?,18?,19+/m0/s1. The first-order chi connectivity index (χ1) is 10.3. The van der Waals surface area contributed by atoms with Crippen LogP contribution in [-0.4, -0.2) is 34.2 Å². The normalized spacial score (nSPS) is 40.0. The molecule has 3 aliphatic rings. The predicted molar refractivity (Wildman–Crippen MR) is 88.4 cm³/mol. The largest absolute Gasteiger partial charge is 0.395 e. The Morgan fingerprint density at radius 3 is 2.67 bits per heavy atom. The van der Waals surface area contributed by atoms with Crippen LogP contribution < -0.4 is 0 Å². The molecule has 122 valence electrons. The number of aliphatic hydroxyl groups excluding tert-OH is 1. The third-order valence-corrected chi connectivity index (χ3v) is 6.83. The highest BCUT2D eigenvalue weighted by atomic mass is 16.3. The van der Waals surface area contributed by atoms with Crippen molar-refractivity contribution in [2.45, 2.75) is 108 Å². The van der Waals surface area contributed by atoms with E-state index in [4.69, 9.17) is 0 Å². The molecule has 2 saturated heterocycles. The minimum Gasteiger partial charge on any atom is -0.395 e. The van der Waals surface area contributed by atoms with Crippen molar-refractivity contribution in [1.82, 2.24) is 4.90 Å². The van der Waals surface area contributed by atoms with Gasteiger partial charge in [-0.15, -0.1) is 0 Å². The topological polar surface area (TPSA) is 23.5 Å². The second-order valence-corrected chi connectivity index (χ2v) is 7.91. The lowest BCUT2D eigenvalue weighted by Crippen LogP contribution is -2.61. The zero-order chi connectivity index (χ0) is 14.7. The van der Waals surface area contributed by atoms with E-state index in [1.165, 1.54) is 83.5 Å². The maximum Gasteiger partial charge on any atom is 0.0587 e. The molecule has 0 radical (unpaired) electrons. The summed E-state index contributed by atoms with van der Waals surface area (Å²) < 4.78 is 0. The van der Waals surface area contributed by atoms with Gasteiger partial charge < -0.3 is 5.11 Å². The molecule has 0 aromatic heterocycles. The fourth-order valence-corrected chi connectivity index (χ4v) is 5.89. The number of hydrogen-bond donors (Lipinski definition) is 1. The van der Waals surface area contributed by atoms with Crippen molar-refractivity contribution >= 4 is 0 Å². The van der Waals surface area contributed by atoms with E-state index in [1.54, 1.807) is 0 Å². The van der Waals surface area contributed by atoms with E-state index < -0.39 is 0 Å². The molecule has 1 N–H and O–H groups in total. The van der Waals surface area contributed by atoms with Gasteiger partial charge in [0.2, 0.25) is 0 Å². The van der Waals surface area contributed by atoms with Gasteiger partial charge in [0, 0.05) is 17.6 Å². The van der Waals surface area contributed by atoms with Crippen LogP contribution in [0.4, 0.5) is 0 Å². The quantitative estimate of drug-likeness (QED) is 0.729. The van der Waals surface area contributed by atoms with Gasteiger partial charge in [-0.1, -0.05) is 45.4 Å². The Kier molecular flexibility index (Phi) is 5.27. The molecule has 1 saturated carbocycles. The van der Waals surface area contributed by atoms with E-state index >= 15 is 0 Å². The molecule has 0 aromatic carbocycles. The maximum absolute atomic E-state index is 9.88. The first kappa shape index (κ1) is 15.8. The highest BCUT2D eigenvalue weighted by Gasteiger charge is 2.55. The summed E-state index contributed by atoms with van der Waals surface area (Å²) in [4.78, 5) is 2.87. The van der Waals surface area contributed by atoms with Crippen molar-refractivity contribution in [2.75, 3.05) is 6.61 Å². The number of piperidine rings is 1.